The zero-order valence-corrected chi connectivity index (χ0v) is 19.8. The van der Waals surface area contributed by atoms with Crippen LogP contribution < -0.4 is 0 Å². The maximum absolute atomic E-state index is 16.0. The van der Waals surface area contributed by atoms with Gasteiger partial charge in [-0.25, -0.2) is 4.39 Å². The van der Waals surface area contributed by atoms with E-state index in [1.807, 2.05) is 19.1 Å². The Morgan fingerprint density at radius 1 is 0.893 bits per heavy atom. The number of nitrogens with one attached hydrogen (secondary N) is 1. The van der Waals surface area contributed by atoms with E-state index in [4.69, 9.17) is 23.2 Å². The van der Waals surface area contributed by atoms with Crippen LogP contribution in [0.4, 0.5) is 4.39 Å². The van der Waals surface area contributed by atoms with Crippen LogP contribution in [-0.2, 0) is 16.5 Å². The molecule has 1 unspecified atom stereocenters. The summed E-state index contributed by atoms with van der Waals surface area (Å²) in [4.78, 5) is 3.13. The Morgan fingerprint density at radius 3 is 1.68 bits per heavy atom. The number of halogens is 3. The van der Waals surface area contributed by atoms with Gasteiger partial charge in [-0.3, -0.25) is 0 Å². The van der Waals surface area contributed by atoms with E-state index in [1.54, 1.807) is 6.92 Å². The summed E-state index contributed by atoms with van der Waals surface area (Å²) in [6, 6.07) is 6.16. The van der Waals surface area contributed by atoms with Crippen molar-refractivity contribution in [3.63, 3.8) is 0 Å². The summed E-state index contributed by atoms with van der Waals surface area (Å²) in [7, 11) is 0. The molecule has 0 aliphatic rings. The van der Waals surface area contributed by atoms with Gasteiger partial charge in [0.25, 0.3) is 0 Å². The molecule has 0 bridgehead atoms. The molecule has 0 aliphatic heterocycles. The summed E-state index contributed by atoms with van der Waals surface area (Å²) in [5, 5.41) is 0.863. The second kappa shape index (κ2) is 7.54. The molecule has 1 aromatic carbocycles. The number of aromatic amines is 1. The Labute approximate surface area is 179 Å². The Bertz CT molecular complexity index is 860. The fourth-order valence-corrected chi connectivity index (χ4v) is 3.67. The van der Waals surface area contributed by atoms with Crippen LogP contribution in [0.25, 0.3) is 5.57 Å². The third-order valence-electron chi connectivity index (χ3n) is 5.22. The van der Waals surface area contributed by atoms with Gasteiger partial charge < -0.3 is 4.98 Å². The number of benzene rings is 1. The zero-order valence-electron chi connectivity index (χ0n) is 18.3. The number of hydrogen-bond acceptors (Lipinski definition) is 0. The first-order valence-electron chi connectivity index (χ1n) is 9.61. The largest absolute Gasteiger partial charge is 0.356 e. The first-order valence-corrected chi connectivity index (χ1v) is 10.4. The monoisotopic (exact) mass is 423 g/mol. The summed E-state index contributed by atoms with van der Waals surface area (Å²) >= 11 is 12.5. The van der Waals surface area contributed by atoms with Gasteiger partial charge in [0.05, 0.1) is 15.7 Å². The molecule has 2 rings (SSSR count). The fraction of sp³-hybridized carbons (Fsp3) is 0.500. The summed E-state index contributed by atoms with van der Waals surface area (Å²) < 4.78 is 16.0. The lowest BCUT2D eigenvalue weighted by Gasteiger charge is -2.30. The summed E-state index contributed by atoms with van der Waals surface area (Å²) in [6.07, 6.45) is 0.125. The molecule has 154 valence electrons. The Morgan fingerprint density at radius 2 is 1.32 bits per heavy atom. The lowest BCUT2D eigenvalue weighted by atomic mass is 9.77. The standard InChI is InChI=1S/C24H32Cl2FN/c1-14(21-20(26)19(25)15(2)28-21)13-24(9,27)18-11-16(22(3,4)5)10-17(12-18)23(6,7)8/h10-12,28H,1,13H2,2-9H3. The molecule has 0 fully saturated rings. The van der Waals surface area contributed by atoms with Crippen LogP contribution in [0.5, 0.6) is 0 Å². The molecule has 2 aromatic rings. The van der Waals surface area contributed by atoms with E-state index in [0.717, 1.165) is 16.8 Å². The van der Waals surface area contributed by atoms with Crippen molar-refractivity contribution >= 4 is 28.8 Å². The third kappa shape index (κ3) is 4.83. The van der Waals surface area contributed by atoms with Gasteiger partial charge in [-0.1, -0.05) is 89.5 Å². The predicted molar refractivity (Wildman–Crippen MR) is 122 cm³/mol. The number of aryl methyl sites for hydroxylation is 1. The first kappa shape index (κ1) is 23.0. The van der Waals surface area contributed by atoms with Crippen LogP contribution in [0.3, 0.4) is 0 Å². The molecule has 0 spiro atoms. The van der Waals surface area contributed by atoms with E-state index in [2.05, 4.69) is 59.2 Å². The highest BCUT2D eigenvalue weighted by molar-refractivity contribution is 6.43. The summed E-state index contributed by atoms with van der Waals surface area (Å²) in [6.45, 7) is 20.4. The average molecular weight is 424 g/mol. The molecule has 0 saturated carbocycles. The lowest BCUT2D eigenvalue weighted by Crippen LogP contribution is -2.22. The van der Waals surface area contributed by atoms with Crippen molar-refractivity contribution in [3.05, 3.63) is 62.9 Å². The van der Waals surface area contributed by atoms with Crippen LogP contribution in [-0.4, -0.2) is 4.98 Å². The van der Waals surface area contributed by atoms with Gasteiger partial charge in [-0.05, 0) is 46.9 Å². The molecule has 1 N–H and O–H groups in total. The molecule has 1 atom stereocenters. The SMILES string of the molecule is C=C(CC(C)(F)c1cc(C(C)(C)C)cc(C(C)(C)C)c1)c1[nH]c(C)c(Cl)c1Cl. The Kier molecular flexibility index (Phi) is 6.20. The topological polar surface area (TPSA) is 15.8 Å². The number of H-pyrrole nitrogens is 1. The van der Waals surface area contributed by atoms with Gasteiger partial charge in [0.1, 0.15) is 5.67 Å². The van der Waals surface area contributed by atoms with E-state index in [0.29, 0.717) is 26.9 Å². The van der Waals surface area contributed by atoms with Crippen LogP contribution in [0, 0.1) is 6.92 Å². The number of hydrogen-bond donors (Lipinski definition) is 1. The molecule has 0 radical (unpaired) electrons. The second-order valence-corrected chi connectivity index (χ2v) is 10.8. The normalized spacial score (nSPS) is 14.8. The zero-order chi connectivity index (χ0) is 21.7. The molecule has 1 nitrogen and oxygen atoms in total. The van der Waals surface area contributed by atoms with E-state index < -0.39 is 5.67 Å². The highest BCUT2D eigenvalue weighted by Gasteiger charge is 2.32. The molecule has 1 heterocycles. The van der Waals surface area contributed by atoms with Gasteiger partial charge in [0.15, 0.2) is 0 Å². The highest BCUT2D eigenvalue weighted by atomic mass is 35.5. The average Bonchev–Trinajstić information content (AvgIpc) is 2.80. The molecule has 4 heteroatoms. The number of aromatic nitrogens is 1. The first-order chi connectivity index (χ1) is 12.5. The van der Waals surface area contributed by atoms with Gasteiger partial charge >= 0.3 is 0 Å². The number of allylic oxidation sites excluding steroid dienone is 1. The minimum Gasteiger partial charge on any atom is -0.356 e. The number of rotatable bonds is 4. The molecule has 0 amide bonds. The Hall–Kier alpha value is -1.25. The smallest absolute Gasteiger partial charge is 0.137 e. The van der Waals surface area contributed by atoms with Crippen molar-refractivity contribution in [2.75, 3.05) is 0 Å². The van der Waals surface area contributed by atoms with Crippen LogP contribution >= 0.6 is 23.2 Å². The van der Waals surface area contributed by atoms with Crippen LogP contribution in [0.2, 0.25) is 10.0 Å². The van der Waals surface area contributed by atoms with Gasteiger partial charge in [0.2, 0.25) is 0 Å². The van der Waals surface area contributed by atoms with Crippen molar-refractivity contribution in [1.82, 2.24) is 4.98 Å². The maximum Gasteiger partial charge on any atom is 0.137 e. The second-order valence-electron chi connectivity index (χ2n) is 10.0. The maximum atomic E-state index is 16.0. The molecular formula is C24H32Cl2FN. The van der Waals surface area contributed by atoms with Gasteiger partial charge in [-0.2, -0.15) is 0 Å². The predicted octanol–water partition coefficient (Wildman–Crippen LogP) is 8.51. The van der Waals surface area contributed by atoms with E-state index in [1.165, 1.54) is 0 Å². The van der Waals surface area contributed by atoms with E-state index >= 15 is 4.39 Å². The third-order valence-corrected chi connectivity index (χ3v) is 6.17. The van der Waals surface area contributed by atoms with Gasteiger partial charge in [0, 0.05) is 12.1 Å². The fourth-order valence-electron chi connectivity index (χ4n) is 3.20. The minimum atomic E-state index is -1.59. The van der Waals surface area contributed by atoms with Crippen molar-refractivity contribution in [3.8, 4) is 0 Å². The quantitative estimate of drug-likeness (QED) is 0.506. The van der Waals surface area contributed by atoms with Crippen molar-refractivity contribution in [1.29, 1.82) is 0 Å². The van der Waals surface area contributed by atoms with Crippen molar-refractivity contribution < 1.29 is 4.39 Å². The summed E-state index contributed by atoms with van der Waals surface area (Å²) in [5.74, 6) is 0. The van der Waals surface area contributed by atoms with Crippen LogP contribution in [0.1, 0.15) is 83.0 Å². The molecule has 0 saturated heterocycles. The number of alkyl halides is 1. The molecular weight excluding hydrogens is 392 g/mol. The Balaban J connectivity index is 2.49. The minimum absolute atomic E-state index is 0.0729. The molecule has 28 heavy (non-hydrogen) atoms. The van der Waals surface area contributed by atoms with Crippen LogP contribution in [0.15, 0.2) is 24.8 Å². The lowest BCUT2D eigenvalue weighted by molar-refractivity contribution is 0.199. The van der Waals surface area contributed by atoms with Crippen molar-refractivity contribution in [2.24, 2.45) is 0 Å². The highest BCUT2D eigenvalue weighted by Crippen LogP contribution is 2.42. The van der Waals surface area contributed by atoms with Crippen molar-refractivity contribution in [2.45, 2.75) is 78.3 Å². The van der Waals surface area contributed by atoms with Gasteiger partial charge in [-0.15, -0.1) is 0 Å². The molecule has 1 aromatic heterocycles. The van der Waals surface area contributed by atoms with E-state index in [9.17, 15) is 0 Å². The molecule has 0 aliphatic carbocycles. The van der Waals surface area contributed by atoms with E-state index in [-0.39, 0.29) is 17.3 Å². The summed E-state index contributed by atoms with van der Waals surface area (Å²) in [5.41, 5.74) is 3.15.